The highest BCUT2D eigenvalue weighted by Crippen LogP contribution is 2.34. The van der Waals surface area contributed by atoms with Gasteiger partial charge in [-0.3, -0.25) is 0 Å². The normalized spacial score (nSPS) is 23.0. The number of para-hydroxylation sites is 1. The van der Waals surface area contributed by atoms with Gasteiger partial charge >= 0.3 is 0 Å². The van der Waals surface area contributed by atoms with Gasteiger partial charge in [0.15, 0.2) is 0 Å². The van der Waals surface area contributed by atoms with Gasteiger partial charge in [-0.15, -0.1) is 0 Å². The summed E-state index contributed by atoms with van der Waals surface area (Å²) in [5.41, 5.74) is 0.863. The van der Waals surface area contributed by atoms with E-state index in [2.05, 4.69) is 12.2 Å². The van der Waals surface area contributed by atoms with Crippen LogP contribution in [0.1, 0.15) is 51.9 Å². The largest absolute Gasteiger partial charge is 0.381 e. The van der Waals surface area contributed by atoms with Gasteiger partial charge in [0.25, 0.3) is 5.76 Å². The second-order valence-corrected chi connectivity index (χ2v) is 6.91. The number of benzene rings is 1. The molecule has 118 valence electrons. The topological polar surface area (TPSA) is 12.0 Å². The van der Waals surface area contributed by atoms with Crippen molar-refractivity contribution in [2.24, 2.45) is 5.92 Å². The molecule has 0 heterocycles. The molecule has 0 amide bonds. The Balaban J connectivity index is 1.95. The zero-order valence-corrected chi connectivity index (χ0v) is 13.5. The molecular weight excluding hydrogens is 288 g/mol. The van der Waals surface area contributed by atoms with E-state index in [0.29, 0.717) is 22.7 Å². The van der Waals surface area contributed by atoms with Crippen molar-refractivity contribution in [3.05, 3.63) is 24.3 Å². The summed E-state index contributed by atoms with van der Waals surface area (Å²) < 4.78 is 25.2. The Labute approximate surface area is 130 Å². The predicted octanol–water partition coefficient (Wildman–Crippen LogP) is 6.16. The summed E-state index contributed by atoms with van der Waals surface area (Å²) in [5, 5.41) is 3.50. The van der Waals surface area contributed by atoms with E-state index in [1.54, 1.807) is 6.07 Å². The van der Waals surface area contributed by atoms with Crippen LogP contribution in [0.5, 0.6) is 0 Å². The number of hydrogen-bond acceptors (Lipinski definition) is 2. The highest BCUT2D eigenvalue weighted by atomic mass is 32.2. The van der Waals surface area contributed by atoms with Crippen LogP contribution in [0.25, 0.3) is 0 Å². The molecule has 0 bridgehead atoms. The molecule has 1 saturated carbocycles. The molecule has 2 atom stereocenters. The molecule has 0 radical (unpaired) electrons. The maximum absolute atomic E-state index is 12.6. The second-order valence-electron chi connectivity index (χ2n) is 5.88. The molecule has 1 fully saturated rings. The number of thioether (sulfide) groups is 1. The number of nitrogens with one attached hydrogen (secondary N) is 1. The molecule has 4 heteroatoms. The van der Waals surface area contributed by atoms with Crippen LogP contribution in [-0.4, -0.2) is 11.8 Å². The van der Waals surface area contributed by atoms with E-state index in [1.165, 1.54) is 32.1 Å². The molecule has 0 spiro atoms. The van der Waals surface area contributed by atoms with Crippen LogP contribution < -0.4 is 5.32 Å². The molecule has 0 aromatic heterocycles. The summed E-state index contributed by atoms with van der Waals surface area (Å²) in [6, 6.07) is 7.84. The van der Waals surface area contributed by atoms with Crippen LogP contribution in [-0.2, 0) is 0 Å². The second kappa shape index (κ2) is 8.62. The predicted molar refractivity (Wildman–Crippen MR) is 87.2 cm³/mol. The van der Waals surface area contributed by atoms with Crippen molar-refractivity contribution >= 4 is 17.4 Å². The lowest BCUT2D eigenvalue weighted by Gasteiger charge is -2.20. The summed E-state index contributed by atoms with van der Waals surface area (Å²) in [5.74, 6) is -1.51. The first-order valence-electron chi connectivity index (χ1n) is 7.99. The number of rotatable bonds is 6. The maximum atomic E-state index is 12.6. The first kappa shape index (κ1) is 16.6. The van der Waals surface area contributed by atoms with Gasteiger partial charge in [0.05, 0.1) is 0 Å². The molecule has 0 saturated heterocycles. The van der Waals surface area contributed by atoms with Gasteiger partial charge in [0.2, 0.25) is 0 Å². The maximum Gasteiger partial charge on any atom is 0.288 e. The zero-order valence-electron chi connectivity index (χ0n) is 12.7. The average molecular weight is 313 g/mol. The van der Waals surface area contributed by atoms with E-state index in [1.807, 2.05) is 18.2 Å². The van der Waals surface area contributed by atoms with Crippen LogP contribution in [0, 0.1) is 5.92 Å². The lowest BCUT2D eigenvalue weighted by Crippen LogP contribution is -2.19. The molecular formula is C17H25F2NS. The van der Waals surface area contributed by atoms with Crippen molar-refractivity contribution in [3.63, 3.8) is 0 Å². The number of hydrogen-bond donors (Lipinski definition) is 1. The number of anilines is 1. The number of halogens is 2. The van der Waals surface area contributed by atoms with Gasteiger partial charge in [-0.05, 0) is 37.3 Å². The molecule has 1 nitrogen and oxygen atoms in total. The molecule has 0 aliphatic heterocycles. The minimum atomic E-state index is -2.36. The Morgan fingerprint density at radius 1 is 1.19 bits per heavy atom. The van der Waals surface area contributed by atoms with Crippen molar-refractivity contribution in [2.45, 2.75) is 68.6 Å². The molecule has 1 N–H and O–H groups in total. The van der Waals surface area contributed by atoms with Gasteiger partial charge in [0.1, 0.15) is 0 Å². The fourth-order valence-corrected chi connectivity index (χ4v) is 3.83. The Kier molecular flexibility index (Phi) is 6.81. The van der Waals surface area contributed by atoms with Crippen molar-refractivity contribution in [1.29, 1.82) is 0 Å². The van der Waals surface area contributed by atoms with E-state index < -0.39 is 5.76 Å². The quantitative estimate of drug-likeness (QED) is 0.498. The highest BCUT2D eigenvalue weighted by molar-refractivity contribution is 7.99. The molecule has 1 aliphatic rings. The molecule has 1 aliphatic carbocycles. The van der Waals surface area contributed by atoms with E-state index in [4.69, 9.17) is 0 Å². The standard InChI is InChI=1S/C17H25F2NS/c1-2-6-13-7-5-8-14(12-11-13)20-15-9-3-4-10-16(15)21-17(18)19/h3-4,9-10,13-14,17,20H,2,5-8,11-12H2,1H3. The summed E-state index contributed by atoms with van der Waals surface area (Å²) in [6.07, 6.45) is 8.70. The fourth-order valence-electron chi connectivity index (χ4n) is 3.22. The summed E-state index contributed by atoms with van der Waals surface area (Å²) in [6.45, 7) is 2.25. The zero-order chi connectivity index (χ0) is 15.1. The summed E-state index contributed by atoms with van der Waals surface area (Å²) in [7, 11) is 0. The fraction of sp³-hybridized carbons (Fsp3) is 0.647. The minimum absolute atomic E-state index is 0.422. The van der Waals surface area contributed by atoms with Gasteiger partial charge in [0, 0.05) is 16.6 Å². The molecule has 1 aromatic carbocycles. The van der Waals surface area contributed by atoms with Gasteiger partial charge in [-0.2, -0.15) is 8.78 Å². The van der Waals surface area contributed by atoms with Gasteiger partial charge in [-0.25, -0.2) is 0 Å². The third-order valence-electron chi connectivity index (χ3n) is 4.25. The first-order valence-corrected chi connectivity index (χ1v) is 8.87. The van der Waals surface area contributed by atoms with Gasteiger partial charge < -0.3 is 5.32 Å². The Morgan fingerprint density at radius 3 is 2.76 bits per heavy atom. The third-order valence-corrected chi connectivity index (χ3v) is 5.04. The van der Waals surface area contributed by atoms with Crippen LogP contribution >= 0.6 is 11.8 Å². The Bertz CT molecular complexity index is 425. The molecule has 1 aromatic rings. The van der Waals surface area contributed by atoms with Crippen molar-refractivity contribution < 1.29 is 8.78 Å². The molecule has 21 heavy (non-hydrogen) atoms. The smallest absolute Gasteiger partial charge is 0.288 e. The van der Waals surface area contributed by atoms with E-state index in [9.17, 15) is 8.78 Å². The first-order chi connectivity index (χ1) is 10.2. The van der Waals surface area contributed by atoms with Crippen molar-refractivity contribution in [3.8, 4) is 0 Å². The van der Waals surface area contributed by atoms with Crippen molar-refractivity contribution in [1.82, 2.24) is 0 Å². The SMILES string of the molecule is CCCC1CCCC(Nc2ccccc2SC(F)F)CC1. The molecule has 2 rings (SSSR count). The lowest BCUT2D eigenvalue weighted by atomic mass is 9.95. The van der Waals surface area contributed by atoms with E-state index >= 15 is 0 Å². The van der Waals surface area contributed by atoms with Crippen LogP contribution in [0.15, 0.2) is 29.2 Å². The van der Waals surface area contributed by atoms with Crippen molar-refractivity contribution in [2.75, 3.05) is 5.32 Å². The number of alkyl halides is 2. The van der Waals surface area contributed by atoms with Crippen LogP contribution in [0.2, 0.25) is 0 Å². The van der Waals surface area contributed by atoms with E-state index in [-0.39, 0.29) is 0 Å². The Hall–Kier alpha value is -0.770. The molecule has 2 unspecified atom stereocenters. The Morgan fingerprint density at radius 2 is 2.00 bits per heavy atom. The summed E-state index contributed by atoms with van der Waals surface area (Å²) in [4.78, 5) is 0.654. The third kappa shape index (κ3) is 5.50. The van der Waals surface area contributed by atoms with E-state index in [0.717, 1.165) is 24.4 Å². The monoisotopic (exact) mass is 313 g/mol. The summed E-state index contributed by atoms with van der Waals surface area (Å²) >= 11 is 0.632. The average Bonchev–Trinajstić information content (AvgIpc) is 2.67. The minimum Gasteiger partial charge on any atom is -0.381 e. The van der Waals surface area contributed by atoms with Crippen LogP contribution in [0.3, 0.4) is 0 Å². The lowest BCUT2D eigenvalue weighted by molar-refractivity contribution is 0.252. The van der Waals surface area contributed by atoms with Crippen LogP contribution in [0.4, 0.5) is 14.5 Å². The van der Waals surface area contributed by atoms with Gasteiger partial charge in [-0.1, -0.05) is 56.5 Å². The highest BCUT2D eigenvalue weighted by Gasteiger charge is 2.19.